The van der Waals surface area contributed by atoms with Crippen molar-refractivity contribution < 1.29 is 22.0 Å². The summed E-state index contributed by atoms with van der Waals surface area (Å²) in [4.78, 5) is 13.3. The van der Waals surface area contributed by atoms with Gasteiger partial charge in [0.25, 0.3) is 0 Å². The summed E-state index contributed by atoms with van der Waals surface area (Å²) in [7, 11) is -3.87. The lowest BCUT2D eigenvalue weighted by Crippen LogP contribution is -2.41. The van der Waals surface area contributed by atoms with E-state index in [1.54, 1.807) is 30.4 Å². The van der Waals surface area contributed by atoms with Gasteiger partial charge < -0.3 is 0 Å². The van der Waals surface area contributed by atoms with Crippen LogP contribution in [0.4, 0.5) is 8.78 Å². The van der Waals surface area contributed by atoms with Crippen molar-refractivity contribution in [1.82, 2.24) is 4.31 Å². The molecule has 7 heteroatoms. The van der Waals surface area contributed by atoms with Crippen molar-refractivity contribution in [3.8, 4) is 0 Å². The molecule has 32 heavy (non-hydrogen) atoms. The van der Waals surface area contributed by atoms with E-state index in [9.17, 15) is 22.0 Å². The number of ketones is 1. The number of hydrogen-bond acceptors (Lipinski definition) is 3. The zero-order chi connectivity index (χ0) is 22.7. The summed E-state index contributed by atoms with van der Waals surface area (Å²) in [5.41, 5.74) is 1.68. The zero-order valence-corrected chi connectivity index (χ0v) is 17.7. The maximum Gasteiger partial charge on any atom is 0.243 e. The number of rotatable bonds is 4. The Bertz CT molecular complexity index is 1230. The predicted octanol–water partition coefficient (Wildman–Crippen LogP) is 4.71. The van der Waals surface area contributed by atoms with Gasteiger partial charge in [-0.25, -0.2) is 17.2 Å². The van der Waals surface area contributed by atoms with Crippen molar-refractivity contribution in [2.45, 2.75) is 4.90 Å². The van der Waals surface area contributed by atoms with Gasteiger partial charge in [0.05, 0.1) is 4.90 Å². The number of nitrogens with zero attached hydrogens (tertiary/aromatic N) is 1. The van der Waals surface area contributed by atoms with Crippen molar-refractivity contribution in [1.29, 1.82) is 0 Å². The highest BCUT2D eigenvalue weighted by molar-refractivity contribution is 7.89. The quantitative estimate of drug-likeness (QED) is 0.540. The largest absolute Gasteiger partial charge is 0.289 e. The van der Waals surface area contributed by atoms with Crippen LogP contribution in [0.15, 0.2) is 94.9 Å². The Hall–Kier alpha value is -3.42. The number of carbonyl (C=O) groups is 1. The molecule has 0 amide bonds. The van der Waals surface area contributed by atoms with Gasteiger partial charge in [0.2, 0.25) is 10.0 Å². The monoisotopic (exact) mass is 451 g/mol. The number of carbonyl (C=O) groups excluding carboxylic acids is 1. The Balaban J connectivity index is 1.77. The molecule has 162 valence electrons. The molecule has 1 fully saturated rings. The highest BCUT2D eigenvalue weighted by Gasteiger charge is 2.34. The van der Waals surface area contributed by atoms with Gasteiger partial charge >= 0.3 is 0 Å². The van der Waals surface area contributed by atoms with Gasteiger partial charge in [0, 0.05) is 24.2 Å². The van der Waals surface area contributed by atoms with Crippen LogP contribution in [0.2, 0.25) is 0 Å². The molecule has 0 bridgehead atoms. The number of Topliss-reactive ketones (excluding diaryl/α,β-unsaturated/α-hetero) is 1. The van der Waals surface area contributed by atoms with Crippen molar-refractivity contribution in [3.05, 3.63) is 113 Å². The summed E-state index contributed by atoms with van der Waals surface area (Å²) in [6.07, 6.45) is 3.12. The van der Waals surface area contributed by atoms with E-state index in [1.165, 1.54) is 65.0 Å². The molecule has 1 aliphatic heterocycles. The SMILES string of the molecule is O=C1/C(=C\c2ccc(F)cc2)CN(S(=O)(=O)c2ccccc2)C/C1=C\c1ccc(F)cc1. The van der Waals surface area contributed by atoms with E-state index >= 15 is 0 Å². The number of sulfonamides is 1. The minimum Gasteiger partial charge on any atom is -0.289 e. The third-order valence-electron chi connectivity index (χ3n) is 5.08. The minimum atomic E-state index is -3.87. The lowest BCUT2D eigenvalue weighted by molar-refractivity contribution is -0.113. The highest BCUT2D eigenvalue weighted by Crippen LogP contribution is 2.27. The van der Waals surface area contributed by atoms with Crippen LogP contribution in [-0.4, -0.2) is 31.6 Å². The fourth-order valence-corrected chi connectivity index (χ4v) is 4.86. The first kappa shape index (κ1) is 21.8. The van der Waals surface area contributed by atoms with Crippen LogP contribution in [-0.2, 0) is 14.8 Å². The average molecular weight is 451 g/mol. The summed E-state index contributed by atoms with van der Waals surface area (Å²) >= 11 is 0. The first-order valence-corrected chi connectivity index (χ1v) is 11.3. The fraction of sp³-hybridized carbons (Fsp3) is 0.0800. The smallest absolute Gasteiger partial charge is 0.243 e. The van der Waals surface area contributed by atoms with Gasteiger partial charge in [0.1, 0.15) is 11.6 Å². The van der Waals surface area contributed by atoms with Gasteiger partial charge in [-0.2, -0.15) is 4.31 Å². The molecule has 0 saturated carbocycles. The normalized spacial score (nSPS) is 17.8. The van der Waals surface area contributed by atoms with Crippen LogP contribution in [0.1, 0.15) is 11.1 Å². The first-order valence-electron chi connectivity index (χ1n) is 9.85. The molecule has 1 heterocycles. The topological polar surface area (TPSA) is 54.5 Å². The molecule has 3 aromatic carbocycles. The first-order chi connectivity index (χ1) is 15.3. The maximum absolute atomic E-state index is 13.3. The van der Waals surface area contributed by atoms with Crippen LogP contribution >= 0.6 is 0 Å². The summed E-state index contributed by atoms with van der Waals surface area (Å²) in [5, 5.41) is 0. The minimum absolute atomic E-state index is 0.117. The molecule has 0 spiro atoms. The summed E-state index contributed by atoms with van der Waals surface area (Å²) in [6, 6.07) is 19.1. The molecule has 1 aliphatic rings. The van der Waals surface area contributed by atoms with Gasteiger partial charge in [-0.05, 0) is 59.7 Å². The summed E-state index contributed by atoms with van der Waals surface area (Å²) in [6.45, 7) is -0.234. The molecular weight excluding hydrogens is 432 g/mol. The number of piperidine rings is 1. The van der Waals surface area contributed by atoms with Crippen molar-refractivity contribution >= 4 is 28.0 Å². The molecule has 1 saturated heterocycles. The Kier molecular flexibility index (Phi) is 6.12. The lowest BCUT2D eigenvalue weighted by Gasteiger charge is -2.29. The number of benzene rings is 3. The molecule has 4 rings (SSSR count). The molecule has 4 nitrogen and oxygen atoms in total. The standard InChI is InChI=1S/C25H19F2NO3S/c26-22-10-6-18(7-11-22)14-20-16-28(32(30,31)24-4-2-1-3-5-24)17-21(25(20)29)15-19-8-12-23(27)13-9-19/h1-15H,16-17H2/b20-14-,21-15+. The highest BCUT2D eigenvalue weighted by atomic mass is 32.2. The number of hydrogen-bond donors (Lipinski definition) is 0. The summed E-state index contributed by atoms with van der Waals surface area (Å²) in [5.74, 6) is -1.13. The molecule has 0 aliphatic carbocycles. The molecule has 0 atom stereocenters. The van der Waals surface area contributed by atoms with Crippen LogP contribution in [0.5, 0.6) is 0 Å². The fourth-order valence-electron chi connectivity index (χ4n) is 3.44. The second kappa shape index (κ2) is 8.98. The average Bonchev–Trinajstić information content (AvgIpc) is 2.80. The van der Waals surface area contributed by atoms with Gasteiger partial charge in [-0.15, -0.1) is 0 Å². The zero-order valence-electron chi connectivity index (χ0n) is 16.9. The van der Waals surface area contributed by atoms with Crippen LogP contribution < -0.4 is 0 Å². The van der Waals surface area contributed by atoms with E-state index in [-0.39, 0.29) is 34.9 Å². The second-order valence-electron chi connectivity index (χ2n) is 7.36. The van der Waals surface area contributed by atoms with E-state index in [1.807, 2.05) is 0 Å². The molecule has 0 radical (unpaired) electrons. The summed E-state index contributed by atoms with van der Waals surface area (Å²) < 4.78 is 54.3. The third kappa shape index (κ3) is 4.74. The maximum atomic E-state index is 13.3. The lowest BCUT2D eigenvalue weighted by atomic mass is 9.95. The second-order valence-corrected chi connectivity index (χ2v) is 9.30. The van der Waals surface area contributed by atoms with E-state index in [2.05, 4.69) is 0 Å². The van der Waals surface area contributed by atoms with Crippen LogP contribution in [0, 0.1) is 11.6 Å². The van der Waals surface area contributed by atoms with E-state index < -0.39 is 21.7 Å². The van der Waals surface area contributed by atoms with Crippen LogP contribution in [0.25, 0.3) is 12.2 Å². The van der Waals surface area contributed by atoms with E-state index in [4.69, 9.17) is 0 Å². The number of halogens is 2. The Morgan fingerprint density at radius 2 is 1.12 bits per heavy atom. The molecule has 0 N–H and O–H groups in total. The van der Waals surface area contributed by atoms with Crippen LogP contribution in [0.3, 0.4) is 0 Å². The molecule has 0 unspecified atom stereocenters. The third-order valence-corrected chi connectivity index (χ3v) is 6.89. The van der Waals surface area contributed by atoms with Crippen molar-refractivity contribution in [2.75, 3.05) is 13.1 Å². The Labute approximate surface area is 185 Å². The molecule has 3 aromatic rings. The van der Waals surface area contributed by atoms with Gasteiger partial charge in [-0.3, -0.25) is 4.79 Å². The van der Waals surface area contributed by atoms with E-state index in [0.717, 1.165) is 0 Å². The van der Waals surface area contributed by atoms with E-state index in [0.29, 0.717) is 11.1 Å². The van der Waals surface area contributed by atoms with Crippen molar-refractivity contribution in [3.63, 3.8) is 0 Å². The predicted molar refractivity (Wildman–Crippen MR) is 119 cm³/mol. The van der Waals surface area contributed by atoms with Gasteiger partial charge in [0.15, 0.2) is 5.78 Å². The molecular formula is C25H19F2NO3S. The Morgan fingerprint density at radius 3 is 1.56 bits per heavy atom. The van der Waals surface area contributed by atoms with Crippen molar-refractivity contribution in [2.24, 2.45) is 0 Å². The Morgan fingerprint density at radius 1 is 0.688 bits per heavy atom. The van der Waals surface area contributed by atoms with Gasteiger partial charge in [-0.1, -0.05) is 42.5 Å². The molecule has 0 aromatic heterocycles.